The summed E-state index contributed by atoms with van der Waals surface area (Å²) >= 11 is 0. The molecular formula is C20H24N6O. The highest BCUT2D eigenvalue weighted by Crippen LogP contribution is 2.29. The van der Waals surface area contributed by atoms with Crippen LogP contribution in [-0.2, 0) is 11.3 Å². The zero-order valence-electron chi connectivity index (χ0n) is 15.8. The number of carbonyl (C=O) groups excluding carboxylic acids is 1. The van der Waals surface area contributed by atoms with E-state index in [9.17, 15) is 4.79 Å². The van der Waals surface area contributed by atoms with Crippen LogP contribution in [0.4, 0.5) is 5.69 Å². The minimum atomic E-state index is -0.314. The van der Waals surface area contributed by atoms with Crippen molar-refractivity contribution in [1.29, 1.82) is 0 Å². The molecule has 0 bridgehead atoms. The lowest BCUT2D eigenvalue weighted by atomic mass is 10.00. The SMILES string of the molecule is CCn1nc(C)c(C2CC(C(=O)Nc3cccc4ncccc34)NN2)c1C. The van der Waals surface area contributed by atoms with Gasteiger partial charge in [-0.3, -0.25) is 14.5 Å². The van der Waals surface area contributed by atoms with Gasteiger partial charge in [0.2, 0.25) is 5.91 Å². The van der Waals surface area contributed by atoms with Crippen LogP contribution in [0.15, 0.2) is 36.5 Å². The number of hydrazine groups is 1. The lowest BCUT2D eigenvalue weighted by Crippen LogP contribution is -2.39. The molecule has 27 heavy (non-hydrogen) atoms. The first kappa shape index (κ1) is 17.6. The summed E-state index contributed by atoms with van der Waals surface area (Å²) in [5.74, 6) is -0.0560. The van der Waals surface area contributed by atoms with E-state index in [2.05, 4.69) is 40.1 Å². The number of aryl methyl sites for hydroxylation is 2. The molecule has 2 atom stereocenters. The summed E-state index contributed by atoms with van der Waals surface area (Å²) < 4.78 is 2.00. The van der Waals surface area contributed by atoms with Crippen LogP contribution in [0.3, 0.4) is 0 Å². The average molecular weight is 364 g/mol. The summed E-state index contributed by atoms with van der Waals surface area (Å²) in [4.78, 5) is 17.2. The zero-order chi connectivity index (χ0) is 19.0. The highest BCUT2D eigenvalue weighted by Gasteiger charge is 2.33. The smallest absolute Gasteiger partial charge is 0.242 e. The van der Waals surface area contributed by atoms with Gasteiger partial charge in [0.25, 0.3) is 0 Å². The number of nitrogens with one attached hydrogen (secondary N) is 3. The van der Waals surface area contributed by atoms with E-state index in [0.29, 0.717) is 6.42 Å². The number of anilines is 1. The monoisotopic (exact) mass is 364 g/mol. The third kappa shape index (κ3) is 3.20. The fourth-order valence-corrected chi connectivity index (χ4v) is 3.87. The van der Waals surface area contributed by atoms with Gasteiger partial charge in [0.05, 0.1) is 22.9 Å². The maximum atomic E-state index is 12.8. The van der Waals surface area contributed by atoms with Gasteiger partial charge in [0.15, 0.2) is 0 Å². The molecule has 0 radical (unpaired) electrons. The van der Waals surface area contributed by atoms with Crippen LogP contribution in [0.5, 0.6) is 0 Å². The minimum Gasteiger partial charge on any atom is -0.324 e. The standard InChI is InChI=1S/C20H24N6O/c1-4-26-13(3)19(12(2)25-26)17-11-18(24-23-17)20(27)22-16-9-5-8-15-14(16)7-6-10-21-15/h5-10,17-18,23-24H,4,11H2,1-3H3,(H,22,27). The molecule has 3 aromatic rings. The van der Waals surface area contributed by atoms with Crippen molar-refractivity contribution >= 4 is 22.5 Å². The van der Waals surface area contributed by atoms with Crippen LogP contribution in [0.25, 0.3) is 10.9 Å². The number of pyridine rings is 1. The number of hydrogen-bond acceptors (Lipinski definition) is 5. The minimum absolute atomic E-state index is 0.0560. The molecule has 3 heterocycles. The molecule has 1 aromatic carbocycles. The molecule has 2 aromatic heterocycles. The Bertz CT molecular complexity index is 990. The molecule has 2 unspecified atom stereocenters. The number of nitrogens with zero attached hydrogens (tertiary/aromatic N) is 3. The van der Waals surface area contributed by atoms with Gasteiger partial charge in [-0.05, 0) is 51.5 Å². The van der Waals surface area contributed by atoms with E-state index in [0.717, 1.165) is 34.5 Å². The third-order valence-corrected chi connectivity index (χ3v) is 5.21. The Labute approximate surface area is 158 Å². The van der Waals surface area contributed by atoms with Crippen molar-refractivity contribution in [2.24, 2.45) is 0 Å². The summed E-state index contributed by atoms with van der Waals surface area (Å²) in [5, 5.41) is 8.57. The highest BCUT2D eigenvalue weighted by molar-refractivity contribution is 6.02. The van der Waals surface area contributed by atoms with Gasteiger partial charge in [-0.25, -0.2) is 10.9 Å². The number of carbonyl (C=O) groups is 1. The van der Waals surface area contributed by atoms with E-state index >= 15 is 0 Å². The Morgan fingerprint density at radius 3 is 2.89 bits per heavy atom. The maximum absolute atomic E-state index is 12.8. The molecule has 140 valence electrons. The maximum Gasteiger partial charge on any atom is 0.242 e. The van der Waals surface area contributed by atoms with Gasteiger partial charge >= 0.3 is 0 Å². The molecule has 0 saturated carbocycles. The van der Waals surface area contributed by atoms with Crippen LogP contribution >= 0.6 is 0 Å². The van der Waals surface area contributed by atoms with Crippen molar-refractivity contribution in [3.05, 3.63) is 53.5 Å². The van der Waals surface area contributed by atoms with Crippen LogP contribution in [0.2, 0.25) is 0 Å². The molecular weight excluding hydrogens is 340 g/mol. The molecule has 1 saturated heterocycles. The van der Waals surface area contributed by atoms with Crippen LogP contribution in [0.1, 0.15) is 36.3 Å². The first-order valence-corrected chi connectivity index (χ1v) is 9.28. The van der Waals surface area contributed by atoms with Gasteiger partial charge in [0, 0.05) is 29.4 Å². The Balaban J connectivity index is 1.51. The molecule has 7 heteroatoms. The van der Waals surface area contributed by atoms with Crippen LogP contribution in [0, 0.1) is 13.8 Å². The molecule has 7 nitrogen and oxygen atoms in total. The van der Waals surface area contributed by atoms with Gasteiger partial charge in [-0.2, -0.15) is 5.10 Å². The number of fused-ring (bicyclic) bond motifs is 1. The van der Waals surface area contributed by atoms with Crippen molar-refractivity contribution in [3.63, 3.8) is 0 Å². The molecule has 1 aliphatic rings. The summed E-state index contributed by atoms with van der Waals surface area (Å²) in [6, 6.07) is 9.34. The second-order valence-corrected chi connectivity index (χ2v) is 6.89. The lowest BCUT2D eigenvalue weighted by molar-refractivity contribution is -0.117. The zero-order valence-corrected chi connectivity index (χ0v) is 15.8. The van der Waals surface area contributed by atoms with Gasteiger partial charge < -0.3 is 5.32 Å². The Kier molecular flexibility index (Phi) is 4.63. The third-order valence-electron chi connectivity index (χ3n) is 5.21. The van der Waals surface area contributed by atoms with Crippen molar-refractivity contribution in [1.82, 2.24) is 25.6 Å². The normalized spacial score (nSPS) is 19.5. The number of amides is 1. The topological polar surface area (TPSA) is 83.9 Å². The molecule has 3 N–H and O–H groups in total. The molecule has 1 fully saturated rings. The Morgan fingerprint density at radius 2 is 2.11 bits per heavy atom. The highest BCUT2D eigenvalue weighted by atomic mass is 16.2. The van der Waals surface area contributed by atoms with Crippen molar-refractivity contribution in [2.75, 3.05) is 5.32 Å². The number of hydrogen-bond donors (Lipinski definition) is 3. The van der Waals surface area contributed by atoms with E-state index in [-0.39, 0.29) is 18.0 Å². The predicted octanol–water partition coefficient (Wildman–Crippen LogP) is 2.61. The second-order valence-electron chi connectivity index (χ2n) is 6.89. The van der Waals surface area contributed by atoms with E-state index in [4.69, 9.17) is 0 Å². The van der Waals surface area contributed by atoms with E-state index < -0.39 is 0 Å². The molecule has 0 aliphatic carbocycles. The van der Waals surface area contributed by atoms with E-state index in [1.807, 2.05) is 41.9 Å². The van der Waals surface area contributed by atoms with Crippen LogP contribution in [-0.4, -0.2) is 26.7 Å². The summed E-state index contributed by atoms with van der Waals surface area (Å²) in [6.45, 7) is 7.02. The van der Waals surface area contributed by atoms with E-state index in [1.165, 1.54) is 5.56 Å². The summed E-state index contributed by atoms with van der Waals surface area (Å²) in [6.07, 6.45) is 2.42. The first-order chi connectivity index (χ1) is 13.1. The summed E-state index contributed by atoms with van der Waals surface area (Å²) in [7, 11) is 0. The second kappa shape index (κ2) is 7.09. The van der Waals surface area contributed by atoms with Crippen molar-refractivity contribution < 1.29 is 4.79 Å². The lowest BCUT2D eigenvalue weighted by Gasteiger charge is -2.12. The number of rotatable bonds is 4. The molecule has 1 amide bonds. The largest absolute Gasteiger partial charge is 0.324 e. The average Bonchev–Trinajstić information content (AvgIpc) is 3.26. The van der Waals surface area contributed by atoms with Gasteiger partial charge in [0.1, 0.15) is 6.04 Å². The molecule has 4 rings (SSSR count). The fraction of sp³-hybridized carbons (Fsp3) is 0.350. The van der Waals surface area contributed by atoms with Crippen molar-refractivity contribution in [3.8, 4) is 0 Å². The fourth-order valence-electron chi connectivity index (χ4n) is 3.87. The van der Waals surface area contributed by atoms with Crippen LogP contribution < -0.4 is 16.2 Å². The number of benzene rings is 1. The summed E-state index contributed by atoms with van der Waals surface area (Å²) in [5.41, 5.74) is 11.4. The Morgan fingerprint density at radius 1 is 1.26 bits per heavy atom. The van der Waals surface area contributed by atoms with Crippen molar-refractivity contribution in [2.45, 2.75) is 45.8 Å². The molecule has 1 aliphatic heterocycles. The first-order valence-electron chi connectivity index (χ1n) is 9.28. The predicted molar refractivity (Wildman–Crippen MR) is 105 cm³/mol. The number of aromatic nitrogens is 3. The Hall–Kier alpha value is -2.77. The van der Waals surface area contributed by atoms with E-state index in [1.54, 1.807) is 6.20 Å². The molecule has 0 spiro atoms. The van der Waals surface area contributed by atoms with Gasteiger partial charge in [-0.15, -0.1) is 0 Å². The van der Waals surface area contributed by atoms with Gasteiger partial charge in [-0.1, -0.05) is 6.07 Å². The quantitative estimate of drug-likeness (QED) is 0.663.